The second-order valence-corrected chi connectivity index (χ2v) is 6.51. The van der Waals surface area contributed by atoms with E-state index in [0.29, 0.717) is 6.04 Å². The maximum atomic E-state index is 6.36. The lowest BCUT2D eigenvalue weighted by Gasteiger charge is -2.47. The van der Waals surface area contributed by atoms with Crippen LogP contribution in [0.15, 0.2) is 0 Å². The van der Waals surface area contributed by atoms with Crippen LogP contribution in [-0.2, 0) is 9.47 Å². The highest BCUT2D eigenvalue weighted by Crippen LogP contribution is 2.43. The Morgan fingerprint density at radius 2 is 1.72 bits per heavy atom. The summed E-state index contributed by atoms with van der Waals surface area (Å²) in [7, 11) is 0. The molecule has 0 radical (unpaired) electrons. The fourth-order valence-electron chi connectivity index (χ4n) is 4.30. The first-order valence-electron chi connectivity index (χ1n) is 7.76. The molecule has 0 amide bonds. The molecule has 3 rings (SSSR count). The monoisotopic (exact) mass is 253 g/mol. The molecule has 2 saturated heterocycles. The van der Waals surface area contributed by atoms with E-state index in [1.54, 1.807) is 0 Å². The molecule has 3 fully saturated rings. The van der Waals surface area contributed by atoms with Crippen molar-refractivity contribution in [2.45, 2.75) is 63.0 Å². The molecule has 3 nitrogen and oxygen atoms in total. The Bertz CT molecular complexity index is 270. The van der Waals surface area contributed by atoms with E-state index >= 15 is 0 Å². The molecule has 0 aromatic carbocycles. The molecule has 3 heteroatoms. The summed E-state index contributed by atoms with van der Waals surface area (Å²) in [4.78, 5) is 0. The Labute approximate surface area is 110 Å². The number of rotatable bonds is 1. The van der Waals surface area contributed by atoms with Gasteiger partial charge in [0.2, 0.25) is 0 Å². The van der Waals surface area contributed by atoms with Gasteiger partial charge in [0.1, 0.15) is 0 Å². The van der Waals surface area contributed by atoms with Crippen LogP contribution in [0.1, 0.15) is 51.4 Å². The van der Waals surface area contributed by atoms with Gasteiger partial charge in [-0.3, -0.25) is 0 Å². The van der Waals surface area contributed by atoms with Gasteiger partial charge in [-0.1, -0.05) is 12.8 Å². The van der Waals surface area contributed by atoms with Crippen molar-refractivity contribution in [3.8, 4) is 0 Å². The summed E-state index contributed by atoms with van der Waals surface area (Å²) in [5.41, 5.74) is 6.50. The van der Waals surface area contributed by atoms with Gasteiger partial charge in [0.05, 0.1) is 5.60 Å². The highest BCUT2D eigenvalue weighted by molar-refractivity contribution is 4.93. The molecule has 3 atom stereocenters. The molecule has 1 aliphatic carbocycles. The second kappa shape index (κ2) is 5.48. The van der Waals surface area contributed by atoms with Crippen LogP contribution in [-0.4, -0.2) is 31.5 Å². The fourth-order valence-corrected chi connectivity index (χ4v) is 4.30. The van der Waals surface area contributed by atoms with Crippen molar-refractivity contribution in [2.75, 3.05) is 19.8 Å². The number of hydrogen-bond acceptors (Lipinski definition) is 3. The highest BCUT2D eigenvalue weighted by Gasteiger charge is 2.42. The molecule has 18 heavy (non-hydrogen) atoms. The van der Waals surface area contributed by atoms with Gasteiger partial charge in [-0.05, 0) is 50.4 Å². The third-order valence-corrected chi connectivity index (χ3v) is 5.42. The van der Waals surface area contributed by atoms with Gasteiger partial charge in [0, 0.05) is 25.9 Å². The Morgan fingerprint density at radius 3 is 2.50 bits per heavy atom. The summed E-state index contributed by atoms with van der Waals surface area (Å²) in [6.07, 6.45) is 9.93. The topological polar surface area (TPSA) is 44.5 Å². The van der Waals surface area contributed by atoms with Crippen molar-refractivity contribution >= 4 is 0 Å². The SMILES string of the molecule is NC1CCCCC1C1CCOC2(CCOCC2)C1. The Hall–Kier alpha value is -0.120. The van der Waals surface area contributed by atoms with E-state index < -0.39 is 0 Å². The van der Waals surface area contributed by atoms with Crippen LogP contribution in [0, 0.1) is 11.8 Å². The van der Waals surface area contributed by atoms with Gasteiger partial charge in [0.25, 0.3) is 0 Å². The van der Waals surface area contributed by atoms with Gasteiger partial charge in [-0.15, -0.1) is 0 Å². The van der Waals surface area contributed by atoms with Crippen LogP contribution >= 0.6 is 0 Å². The van der Waals surface area contributed by atoms with Gasteiger partial charge in [-0.25, -0.2) is 0 Å². The van der Waals surface area contributed by atoms with Gasteiger partial charge in [0.15, 0.2) is 0 Å². The van der Waals surface area contributed by atoms with Crippen molar-refractivity contribution in [2.24, 2.45) is 17.6 Å². The zero-order valence-corrected chi connectivity index (χ0v) is 11.4. The van der Waals surface area contributed by atoms with E-state index in [4.69, 9.17) is 15.2 Å². The number of nitrogens with two attached hydrogens (primary N) is 1. The molecule has 2 heterocycles. The predicted octanol–water partition coefficient (Wildman–Crippen LogP) is 2.48. The lowest BCUT2D eigenvalue weighted by molar-refractivity contribution is -0.154. The molecular weight excluding hydrogens is 226 g/mol. The van der Waals surface area contributed by atoms with Gasteiger partial charge >= 0.3 is 0 Å². The van der Waals surface area contributed by atoms with Crippen molar-refractivity contribution < 1.29 is 9.47 Å². The summed E-state index contributed by atoms with van der Waals surface area (Å²) >= 11 is 0. The number of ether oxygens (including phenoxy) is 2. The molecule has 3 unspecified atom stereocenters. The molecule has 1 spiro atoms. The first kappa shape index (κ1) is 12.9. The summed E-state index contributed by atoms with van der Waals surface area (Å²) in [5.74, 6) is 1.55. The molecule has 104 valence electrons. The number of hydrogen-bond donors (Lipinski definition) is 1. The molecule has 0 aromatic heterocycles. The molecular formula is C15H27NO2. The third kappa shape index (κ3) is 2.59. The summed E-state index contributed by atoms with van der Waals surface area (Å²) in [6, 6.07) is 0.443. The lowest BCUT2D eigenvalue weighted by atomic mass is 9.69. The zero-order chi connectivity index (χ0) is 12.4. The van der Waals surface area contributed by atoms with Crippen LogP contribution in [0.2, 0.25) is 0 Å². The van der Waals surface area contributed by atoms with E-state index in [2.05, 4.69) is 0 Å². The van der Waals surface area contributed by atoms with E-state index in [1.165, 1.54) is 38.5 Å². The first-order chi connectivity index (χ1) is 8.79. The average molecular weight is 253 g/mol. The lowest BCUT2D eigenvalue weighted by Crippen LogP contribution is -2.48. The second-order valence-electron chi connectivity index (χ2n) is 6.51. The molecule has 2 aliphatic heterocycles. The Morgan fingerprint density at radius 1 is 0.944 bits per heavy atom. The molecule has 1 saturated carbocycles. The highest BCUT2D eigenvalue weighted by atomic mass is 16.5. The maximum absolute atomic E-state index is 6.36. The van der Waals surface area contributed by atoms with E-state index in [9.17, 15) is 0 Å². The largest absolute Gasteiger partial charge is 0.381 e. The van der Waals surface area contributed by atoms with Crippen LogP contribution in [0.5, 0.6) is 0 Å². The predicted molar refractivity (Wildman–Crippen MR) is 71.4 cm³/mol. The van der Waals surface area contributed by atoms with Crippen LogP contribution < -0.4 is 5.73 Å². The van der Waals surface area contributed by atoms with Crippen LogP contribution in [0.25, 0.3) is 0 Å². The Balaban J connectivity index is 1.65. The zero-order valence-electron chi connectivity index (χ0n) is 11.4. The molecule has 2 N–H and O–H groups in total. The maximum Gasteiger partial charge on any atom is 0.0729 e. The van der Waals surface area contributed by atoms with Crippen molar-refractivity contribution in [3.63, 3.8) is 0 Å². The van der Waals surface area contributed by atoms with Crippen molar-refractivity contribution in [1.82, 2.24) is 0 Å². The Kier molecular flexibility index (Phi) is 3.92. The van der Waals surface area contributed by atoms with Gasteiger partial charge < -0.3 is 15.2 Å². The normalized spacial score (nSPS) is 40.8. The standard InChI is InChI=1S/C15H27NO2/c16-14-4-2-1-3-13(14)12-5-8-18-15(11-12)6-9-17-10-7-15/h12-14H,1-11,16H2. The quantitative estimate of drug-likeness (QED) is 0.781. The minimum absolute atomic E-state index is 0.137. The molecule has 0 aromatic rings. The van der Waals surface area contributed by atoms with Crippen molar-refractivity contribution in [1.29, 1.82) is 0 Å². The minimum atomic E-state index is 0.137. The molecule has 3 aliphatic rings. The fraction of sp³-hybridized carbons (Fsp3) is 1.00. The van der Waals surface area contributed by atoms with E-state index in [-0.39, 0.29) is 5.60 Å². The smallest absolute Gasteiger partial charge is 0.0729 e. The first-order valence-corrected chi connectivity index (χ1v) is 7.76. The average Bonchev–Trinajstić information content (AvgIpc) is 2.40. The van der Waals surface area contributed by atoms with Crippen LogP contribution in [0.3, 0.4) is 0 Å². The van der Waals surface area contributed by atoms with Crippen molar-refractivity contribution in [3.05, 3.63) is 0 Å². The third-order valence-electron chi connectivity index (χ3n) is 5.42. The summed E-state index contributed by atoms with van der Waals surface area (Å²) in [5, 5.41) is 0. The van der Waals surface area contributed by atoms with Crippen LogP contribution in [0.4, 0.5) is 0 Å². The van der Waals surface area contributed by atoms with E-state index in [0.717, 1.165) is 44.5 Å². The van der Waals surface area contributed by atoms with E-state index in [1.807, 2.05) is 0 Å². The summed E-state index contributed by atoms with van der Waals surface area (Å²) in [6.45, 7) is 2.70. The molecule has 0 bridgehead atoms. The minimum Gasteiger partial charge on any atom is -0.381 e. The van der Waals surface area contributed by atoms with Gasteiger partial charge in [-0.2, -0.15) is 0 Å². The summed E-state index contributed by atoms with van der Waals surface area (Å²) < 4.78 is 11.6.